The van der Waals surface area contributed by atoms with Crippen molar-refractivity contribution in [3.05, 3.63) is 35.0 Å². The highest BCUT2D eigenvalue weighted by molar-refractivity contribution is 6.33. The summed E-state index contributed by atoms with van der Waals surface area (Å²) in [7, 11) is 6.17. The van der Waals surface area contributed by atoms with Gasteiger partial charge in [-0.3, -0.25) is 0 Å². The molecule has 1 aromatic rings. The smallest absolute Gasteiger partial charge is 0.354 e. The number of nitrogens with one attached hydrogen (secondary N) is 1. The van der Waals surface area contributed by atoms with Gasteiger partial charge in [-0.2, -0.15) is 0 Å². The largest absolute Gasteiger partial charge is 0.466 e. The highest BCUT2D eigenvalue weighted by atomic mass is 35.5. The summed E-state index contributed by atoms with van der Waals surface area (Å²) < 4.78 is 9.09. The lowest BCUT2D eigenvalue weighted by atomic mass is 10.2. The number of halogens is 1. The molecular formula is C14H17ClN2O4. The van der Waals surface area contributed by atoms with Crippen molar-refractivity contribution in [3.8, 4) is 0 Å². The Kier molecular flexibility index (Phi) is 6.05. The van der Waals surface area contributed by atoms with E-state index in [0.29, 0.717) is 10.7 Å². The summed E-state index contributed by atoms with van der Waals surface area (Å²) in [6.07, 6.45) is 1.01. The van der Waals surface area contributed by atoms with Crippen LogP contribution in [0.1, 0.15) is 0 Å². The molecule has 0 spiro atoms. The van der Waals surface area contributed by atoms with Crippen molar-refractivity contribution in [1.82, 2.24) is 0 Å². The third-order valence-electron chi connectivity index (χ3n) is 2.58. The van der Waals surface area contributed by atoms with Crippen molar-refractivity contribution in [1.29, 1.82) is 0 Å². The standard InChI is InChI=1S/C14H17ClN2O4/c1-17(2)12-6-5-9(7-10(12)15)16-11(14(19)21-4)8-13(18)20-3/h5-8,16H,1-4H3/b11-8+. The minimum Gasteiger partial charge on any atom is -0.466 e. The van der Waals surface area contributed by atoms with Crippen molar-refractivity contribution in [3.63, 3.8) is 0 Å². The van der Waals surface area contributed by atoms with E-state index >= 15 is 0 Å². The van der Waals surface area contributed by atoms with Gasteiger partial charge in [0, 0.05) is 19.8 Å². The van der Waals surface area contributed by atoms with Gasteiger partial charge in [0.1, 0.15) is 5.70 Å². The van der Waals surface area contributed by atoms with Gasteiger partial charge < -0.3 is 19.7 Å². The third kappa shape index (κ3) is 4.68. The summed E-state index contributed by atoms with van der Waals surface area (Å²) >= 11 is 6.15. The number of carbonyl (C=O) groups is 2. The van der Waals surface area contributed by atoms with E-state index in [0.717, 1.165) is 11.8 Å². The molecule has 0 atom stereocenters. The number of rotatable bonds is 5. The normalized spacial score (nSPS) is 10.8. The van der Waals surface area contributed by atoms with Crippen LogP contribution in [-0.2, 0) is 19.1 Å². The molecule has 0 radical (unpaired) electrons. The average Bonchev–Trinajstić information content (AvgIpc) is 2.45. The summed E-state index contributed by atoms with van der Waals surface area (Å²) in [5.41, 5.74) is 1.34. The third-order valence-corrected chi connectivity index (χ3v) is 2.88. The van der Waals surface area contributed by atoms with Crippen LogP contribution in [0.4, 0.5) is 11.4 Å². The van der Waals surface area contributed by atoms with Crippen LogP contribution in [0.5, 0.6) is 0 Å². The van der Waals surface area contributed by atoms with Crippen molar-refractivity contribution >= 4 is 34.9 Å². The molecule has 0 heterocycles. The lowest BCUT2D eigenvalue weighted by molar-refractivity contribution is -0.138. The van der Waals surface area contributed by atoms with Crippen LogP contribution >= 0.6 is 11.6 Å². The van der Waals surface area contributed by atoms with Crippen molar-refractivity contribution < 1.29 is 19.1 Å². The van der Waals surface area contributed by atoms with Gasteiger partial charge >= 0.3 is 11.9 Å². The molecule has 0 unspecified atom stereocenters. The van der Waals surface area contributed by atoms with Crippen molar-refractivity contribution in [2.45, 2.75) is 0 Å². The Balaban J connectivity index is 3.04. The van der Waals surface area contributed by atoms with Crippen molar-refractivity contribution in [2.24, 2.45) is 0 Å². The molecule has 0 fully saturated rings. The van der Waals surface area contributed by atoms with Crippen LogP contribution in [0, 0.1) is 0 Å². The SMILES string of the molecule is COC(=O)/C=C(/Nc1ccc(N(C)C)c(Cl)c1)C(=O)OC. The molecule has 0 aliphatic rings. The first-order valence-corrected chi connectivity index (χ1v) is 6.38. The van der Waals surface area contributed by atoms with Gasteiger partial charge in [-0.05, 0) is 18.2 Å². The minimum absolute atomic E-state index is 0.0435. The molecule has 1 rings (SSSR count). The van der Waals surface area contributed by atoms with E-state index in [1.54, 1.807) is 18.2 Å². The summed E-state index contributed by atoms with van der Waals surface area (Å²) in [4.78, 5) is 24.7. The van der Waals surface area contributed by atoms with E-state index < -0.39 is 11.9 Å². The summed E-state index contributed by atoms with van der Waals surface area (Å²) in [5.74, 6) is -1.35. The highest BCUT2D eigenvalue weighted by Gasteiger charge is 2.13. The summed E-state index contributed by atoms with van der Waals surface area (Å²) in [6.45, 7) is 0. The molecule has 7 heteroatoms. The highest BCUT2D eigenvalue weighted by Crippen LogP contribution is 2.28. The average molecular weight is 313 g/mol. The Bertz CT molecular complexity index is 570. The van der Waals surface area contributed by atoms with Crippen LogP contribution < -0.4 is 10.2 Å². The Morgan fingerprint density at radius 3 is 2.38 bits per heavy atom. The van der Waals surface area contributed by atoms with E-state index in [2.05, 4.69) is 14.8 Å². The molecule has 0 saturated carbocycles. The predicted octanol–water partition coefficient (Wildman–Crippen LogP) is 2.05. The number of benzene rings is 1. The van der Waals surface area contributed by atoms with Crippen LogP contribution in [0.3, 0.4) is 0 Å². The zero-order chi connectivity index (χ0) is 16.0. The fourth-order valence-electron chi connectivity index (χ4n) is 1.54. The number of methoxy groups -OCH3 is 2. The van der Waals surface area contributed by atoms with E-state index in [1.165, 1.54) is 14.2 Å². The predicted molar refractivity (Wildman–Crippen MR) is 81.5 cm³/mol. The molecule has 21 heavy (non-hydrogen) atoms. The number of carbonyl (C=O) groups excluding carboxylic acids is 2. The van der Waals surface area contributed by atoms with Crippen molar-refractivity contribution in [2.75, 3.05) is 38.5 Å². The van der Waals surface area contributed by atoms with Gasteiger partial charge in [0.2, 0.25) is 0 Å². The zero-order valence-corrected chi connectivity index (χ0v) is 13.0. The van der Waals surface area contributed by atoms with E-state index in [-0.39, 0.29) is 5.70 Å². The second kappa shape index (κ2) is 7.54. The number of anilines is 2. The second-order valence-corrected chi connectivity index (χ2v) is 4.67. The van der Waals surface area contributed by atoms with Gasteiger partial charge in [0.05, 0.1) is 31.0 Å². The molecule has 0 amide bonds. The molecular weight excluding hydrogens is 296 g/mol. The van der Waals surface area contributed by atoms with Crippen LogP contribution in [0.25, 0.3) is 0 Å². The van der Waals surface area contributed by atoms with Gasteiger partial charge in [-0.15, -0.1) is 0 Å². The molecule has 1 aromatic carbocycles. The van der Waals surface area contributed by atoms with Gasteiger partial charge in [0.15, 0.2) is 0 Å². The maximum absolute atomic E-state index is 11.6. The quantitative estimate of drug-likeness (QED) is 0.663. The summed E-state index contributed by atoms with van der Waals surface area (Å²) in [5, 5.41) is 3.29. The first kappa shape index (κ1) is 16.8. The van der Waals surface area contributed by atoms with Crippen LogP contribution in [0.15, 0.2) is 30.0 Å². The van der Waals surface area contributed by atoms with Crippen LogP contribution in [0.2, 0.25) is 5.02 Å². The number of hydrogen-bond acceptors (Lipinski definition) is 6. The summed E-state index contributed by atoms with van der Waals surface area (Å²) in [6, 6.07) is 5.16. The van der Waals surface area contributed by atoms with Crippen LogP contribution in [-0.4, -0.2) is 40.3 Å². The van der Waals surface area contributed by atoms with E-state index in [1.807, 2.05) is 19.0 Å². The van der Waals surface area contributed by atoms with Gasteiger partial charge in [-0.25, -0.2) is 9.59 Å². The van der Waals surface area contributed by atoms with Gasteiger partial charge in [0.25, 0.3) is 0 Å². The maximum atomic E-state index is 11.6. The lowest BCUT2D eigenvalue weighted by Crippen LogP contribution is -2.15. The second-order valence-electron chi connectivity index (χ2n) is 4.26. The maximum Gasteiger partial charge on any atom is 0.354 e. The monoisotopic (exact) mass is 312 g/mol. The molecule has 0 bridgehead atoms. The first-order chi connectivity index (χ1) is 9.88. The Morgan fingerprint density at radius 2 is 1.90 bits per heavy atom. The Morgan fingerprint density at radius 1 is 1.24 bits per heavy atom. The minimum atomic E-state index is -0.687. The Labute approximate surface area is 128 Å². The van der Waals surface area contributed by atoms with E-state index in [4.69, 9.17) is 11.6 Å². The Hall–Kier alpha value is -2.21. The molecule has 0 aliphatic carbocycles. The molecule has 6 nitrogen and oxygen atoms in total. The number of hydrogen-bond donors (Lipinski definition) is 1. The van der Waals surface area contributed by atoms with E-state index in [9.17, 15) is 9.59 Å². The number of esters is 2. The van der Waals surface area contributed by atoms with Gasteiger partial charge in [-0.1, -0.05) is 11.6 Å². The first-order valence-electron chi connectivity index (χ1n) is 6.01. The molecule has 0 saturated heterocycles. The molecule has 0 aromatic heterocycles. The topological polar surface area (TPSA) is 67.9 Å². The number of nitrogens with zero attached hydrogens (tertiary/aromatic N) is 1. The lowest BCUT2D eigenvalue weighted by Gasteiger charge is -2.16. The molecule has 1 N–H and O–H groups in total. The molecule has 114 valence electrons. The fourth-order valence-corrected chi connectivity index (χ4v) is 1.89. The fraction of sp³-hybridized carbons (Fsp3) is 0.286. The molecule has 0 aliphatic heterocycles. The zero-order valence-electron chi connectivity index (χ0n) is 12.3. The number of ether oxygens (including phenoxy) is 2.